The Morgan fingerprint density at radius 1 is 0.370 bits per heavy atom. The number of fused-ring (bicyclic) bond motifs is 8. The van der Waals surface area contributed by atoms with E-state index in [1.165, 1.54) is 38.4 Å². The minimum absolute atomic E-state index is 0.628. The number of furan rings is 1. The zero-order valence-corrected chi connectivity index (χ0v) is 28.9. The Bertz CT molecular complexity index is 3250. The highest BCUT2D eigenvalue weighted by Crippen LogP contribution is 2.53. The van der Waals surface area contributed by atoms with Crippen molar-refractivity contribution in [2.75, 3.05) is 0 Å². The van der Waals surface area contributed by atoms with Crippen molar-refractivity contribution in [3.8, 4) is 62.1 Å². The molecule has 0 saturated carbocycles. The van der Waals surface area contributed by atoms with Crippen molar-refractivity contribution in [3.63, 3.8) is 0 Å². The first-order valence-corrected chi connectivity index (χ1v) is 18.2. The van der Waals surface area contributed by atoms with Crippen LogP contribution in [0.1, 0.15) is 0 Å². The van der Waals surface area contributed by atoms with Crippen molar-refractivity contribution in [2.45, 2.75) is 0 Å². The van der Waals surface area contributed by atoms with E-state index in [9.17, 15) is 0 Å². The second-order valence-corrected chi connectivity index (χ2v) is 13.9. The van der Waals surface area contributed by atoms with Crippen LogP contribution < -0.4 is 0 Å². The molecular formula is C49H28N4O. The molecule has 0 amide bonds. The van der Waals surface area contributed by atoms with Crippen molar-refractivity contribution < 1.29 is 4.42 Å². The van der Waals surface area contributed by atoms with E-state index in [1.807, 2.05) is 60.7 Å². The summed E-state index contributed by atoms with van der Waals surface area (Å²) >= 11 is 0. The molecule has 11 aromatic rings. The first kappa shape index (κ1) is 29.2. The van der Waals surface area contributed by atoms with Gasteiger partial charge in [-0.2, -0.15) is 0 Å². The highest BCUT2D eigenvalue weighted by atomic mass is 16.3. The molecule has 0 aliphatic heterocycles. The van der Waals surface area contributed by atoms with E-state index >= 15 is 0 Å². The maximum atomic E-state index is 6.80. The number of para-hydroxylation sites is 1. The van der Waals surface area contributed by atoms with Gasteiger partial charge in [0.05, 0.1) is 16.4 Å². The Morgan fingerprint density at radius 3 is 1.56 bits per heavy atom. The van der Waals surface area contributed by atoms with Crippen molar-refractivity contribution in [2.24, 2.45) is 0 Å². The summed E-state index contributed by atoms with van der Waals surface area (Å²) in [5.41, 5.74) is 12.9. The third-order valence-electron chi connectivity index (χ3n) is 11.0. The molecule has 0 atom stereocenters. The van der Waals surface area contributed by atoms with Gasteiger partial charge in [-0.1, -0.05) is 133 Å². The number of aromatic nitrogens is 4. The van der Waals surface area contributed by atoms with Crippen molar-refractivity contribution >= 4 is 54.5 Å². The van der Waals surface area contributed by atoms with Crippen LogP contribution in [0.5, 0.6) is 0 Å². The summed E-state index contributed by atoms with van der Waals surface area (Å²) in [5.74, 6) is 1.92. The van der Waals surface area contributed by atoms with E-state index in [-0.39, 0.29) is 0 Å². The van der Waals surface area contributed by atoms with E-state index in [0.29, 0.717) is 17.5 Å². The van der Waals surface area contributed by atoms with Gasteiger partial charge in [-0.05, 0) is 58.7 Å². The van der Waals surface area contributed by atoms with Gasteiger partial charge in [0.15, 0.2) is 17.5 Å². The van der Waals surface area contributed by atoms with Crippen LogP contribution in [0.4, 0.5) is 0 Å². The molecule has 1 aliphatic rings. The molecule has 5 nitrogen and oxygen atoms in total. The molecule has 0 radical (unpaired) electrons. The fraction of sp³-hybridized carbons (Fsp3) is 0. The molecule has 0 bridgehead atoms. The molecule has 54 heavy (non-hydrogen) atoms. The number of rotatable bonds is 4. The van der Waals surface area contributed by atoms with Gasteiger partial charge < -0.3 is 8.98 Å². The second kappa shape index (κ2) is 11.1. The van der Waals surface area contributed by atoms with Crippen LogP contribution in [0, 0.1) is 0 Å². The lowest BCUT2D eigenvalue weighted by Crippen LogP contribution is -2.00. The Balaban J connectivity index is 1.16. The van der Waals surface area contributed by atoms with Crippen molar-refractivity contribution in [1.29, 1.82) is 0 Å². The highest BCUT2D eigenvalue weighted by Gasteiger charge is 2.29. The fourth-order valence-electron chi connectivity index (χ4n) is 8.67. The average Bonchev–Trinajstić information content (AvgIpc) is 3.77. The van der Waals surface area contributed by atoms with E-state index in [0.717, 1.165) is 60.7 Å². The molecule has 3 aromatic heterocycles. The topological polar surface area (TPSA) is 56.7 Å². The first-order valence-electron chi connectivity index (χ1n) is 18.2. The Labute approximate surface area is 309 Å². The first-order chi connectivity index (χ1) is 26.8. The third-order valence-corrected chi connectivity index (χ3v) is 11.0. The highest BCUT2D eigenvalue weighted by molar-refractivity contribution is 6.39. The summed E-state index contributed by atoms with van der Waals surface area (Å²) in [5, 5.41) is 7.09. The number of hydrogen-bond acceptors (Lipinski definition) is 4. The van der Waals surface area contributed by atoms with Gasteiger partial charge in [-0.3, -0.25) is 0 Å². The van der Waals surface area contributed by atoms with Gasteiger partial charge in [0.25, 0.3) is 0 Å². The number of nitrogens with zero attached hydrogens (tertiary/aromatic N) is 4. The molecule has 0 unspecified atom stereocenters. The van der Waals surface area contributed by atoms with Crippen LogP contribution in [0.15, 0.2) is 174 Å². The minimum atomic E-state index is 0.628. The average molecular weight is 689 g/mol. The maximum absolute atomic E-state index is 6.80. The molecule has 12 rings (SSSR count). The van der Waals surface area contributed by atoms with Crippen LogP contribution in [0.2, 0.25) is 0 Å². The monoisotopic (exact) mass is 688 g/mol. The summed E-state index contributed by atoms with van der Waals surface area (Å²) in [7, 11) is 0. The Morgan fingerprint density at radius 2 is 0.889 bits per heavy atom. The number of benzene rings is 8. The quantitative estimate of drug-likeness (QED) is 0.185. The zero-order valence-electron chi connectivity index (χ0n) is 28.9. The molecule has 0 spiro atoms. The normalized spacial score (nSPS) is 12.1. The minimum Gasteiger partial charge on any atom is -0.455 e. The van der Waals surface area contributed by atoms with E-state index in [4.69, 9.17) is 19.4 Å². The predicted octanol–water partition coefficient (Wildman–Crippen LogP) is 12.7. The standard InChI is InChI=1S/C49H28N4O/c1-3-13-29(14-4-1)47-50-48(30-15-5-2-6-16-30)52-49(51-47)31-25-27-32(28-26-31)53-39-23-12-21-36-34-18-8-7-17-33(34)35-20-11-22-38-41(35)44(42(36)39)45(53)43-37-19-9-10-24-40(37)54-46(38)43/h1-28H. The second-order valence-electron chi connectivity index (χ2n) is 13.9. The van der Waals surface area contributed by atoms with Crippen LogP contribution >= 0.6 is 0 Å². The van der Waals surface area contributed by atoms with E-state index in [2.05, 4.69) is 114 Å². The molecule has 5 heteroatoms. The Kier molecular flexibility index (Phi) is 5.99. The summed E-state index contributed by atoms with van der Waals surface area (Å²) in [6.45, 7) is 0. The van der Waals surface area contributed by atoms with Gasteiger partial charge in [-0.25, -0.2) is 15.0 Å². The van der Waals surface area contributed by atoms with Crippen LogP contribution in [0.25, 0.3) is 117 Å². The van der Waals surface area contributed by atoms with Gasteiger partial charge in [0, 0.05) is 49.3 Å². The third kappa shape index (κ3) is 4.06. The molecule has 8 aromatic carbocycles. The zero-order chi connectivity index (χ0) is 35.3. The van der Waals surface area contributed by atoms with Gasteiger partial charge >= 0.3 is 0 Å². The lowest BCUT2D eigenvalue weighted by Gasteiger charge is -2.15. The fourth-order valence-corrected chi connectivity index (χ4v) is 8.67. The van der Waals surface area contributed by atoms with E-state index < -0.39 is 0 Å². The van der Waals surface area contributed by atoms with Crippen molar-refractivity contribution in [1.82, 2.24) is 19.5 Å². The van der Waals surface area contributed by atoms with Gasteiger partial charge in [0.2, 0.25) is 0 Å². The lowest BCUT2D eigenvalue weighted by atomic mass is 9.92. The summed E-state index contributed by atoms with van der Waals surface area (Å²) in [4.78, 5) is 14.9. The molecule has 0 N–H and O–H groups in total. The van der Waals surface area contributed by atoms with Gasteiger partial charge in [0.1, 0.15) is 11.2 Å². The summed E-state index contributed by atoms with van der Waals surface area (Å²) in [6, 6.07) is 59.5. The summed E-state index contributed by atoms with van der Waals surface area (Å²) < 4.78 is 9.24. The van der Waals surface area contributed by atoms with Crippen LogP contribution in [-0.4, -0.2) is 19.5 Å². The SMILES string of the molecule is c1ccc(-c2nc(-c3ccccc3)nc(-c3ccc(-n4c5cccc6c5c5c7c(cccc7c7oc8ccccc8c7c54)-c4ccccc4-6)cc3)n2)cc1. The molecule has 0 fully saturated rings. The van der Waals surface area contributed by atoms with Gasteiger partial charge in [-0.15, -0.1) is 0 Å². The Hall–Kier alpha value is -7.37. The predicted molar refractivity (Wildman–Crippen MR) is 220 cm³/mol. The molecule has 0 saturated heterocycles. The smallest absolute Gasteiger partial charge is 0.164 e. The van der Waals surface area contributed by atoms with Crippen molar-refractivity contribution in [3.05, 3.63) is 170 Å². The molecule has 250 valence electrons. The maximum Gasteiger partial charge on any atom is 0.164 e. The largest absolute Gasteiger partial charge is 0.455 e. The van der Waals surface area contributed by atoms with Crippen LogP contribution in [-0.2, 0) is 0 Å². The molecule has 3 heterocycles. The van der Waals surface area contributed by atoms with Crippen LogP contribution in [0.3, 0.4) is 0 Å². The van der Waals surface area contributed by atoms with E-state index in [1.54, 1.807) is 0 Å². The molecule has 1 aliphatic carbocycles. The summed E-state index contributed by atoms with van der Waals surface area (Å²) in [6.07, 6.45) is 0. The number of hydrogen-bond donors (Lipinski definition) is 0. The molecular weight excluding hydrogens is 661 g/mol. The lowest BCUT2D eigenvalue weighted by molar-refractivity contribution is 0.673.